The fourth-order valence-corrected chi connectivity index (χ4v) is 2.57. The maximum Gasteiger partial charge on any atom is 0.412 e. The minimum atomic E-state index is -0.653. The van der Waals surface area contributed by atoms with Crippen LogP contribution >= 0.6 is 0 Å². The van der Waals surface area contributed by atoms with E-state index in [-0.39, 0.29) is 12.1 Å². The van der Waals surface area contributed by atoms with Crippen LogP contribution in [0.25, 0.3) is 0 Å². The van der Waals surface area contributed by atoms with Crippen LogP contribution in [0, 0.1) is 0 Å². The lowest BCUT2D eigenvalue weighted by molar-refractivity contribution is -0.0626. The Kier molecular flexibility index (Phi) is 4.70. The molecule has 0 radical (unpaired) electrons. The van der Waals surface area contributed by atoms with E-state index in [2.05, 4.69) is 9.97 Å². The van der Waals surface area contributed by atoms with Crippen molar-refractivity contribution < 1.29 is 14.3 Å². The van der Waals surface area contributed by atoms with Crippen molar-refractivity contribution in [2.75, 3.05) is 6.61 Å². The smallest absolute Gasteiger partial charge is 0.412 e. The molecule has 1 saturated heterocycles. The Morgan fingerprint density at radius 1 is 1.41 bits per heavy atom. The van der Waals surface area contributed by atoms with Gasteiger partial charge >= 0.3 is 6.09 Å². The molecule has 0 N–H and O–H groups in total. The molecule has 0 aromatic carbocycles. The van der Waals surface area contributed by atoms with E-state index in [1.54, 1.807) is 17.3 Å². The summed E-state index contributed by atoms with van der Waals surface area (Å²) in [6, 6.07) is -0.00921. The molecule has 1 aromatic rings. The van der Waals surface area contributed by atoms with Crippen molar-refractivity contribution in [3.63, 3.8) is 0 Å². The van der Waals surface area contributed by atoms with E-state index in [1.165, 1.54) is 6.33 Å². The molecule has 1 atom stereocenters. The quantitative estimate of drug-likeness (QED) is 0.859. The second-order valence-corrected chi connectivity index (χ2v) is 7.05. The first-order valence-electron chi connectivity index (χ1n) is 7.59. The van der Waals surface area contributed by atoms with Crippen LogP contribution in [0.2, 0.25) is 0 Å². The first-order chi connectivity index (χ1) is 10.2. The van der Waals surface area contributed by atoms with E-state index in [9.17, 15) is 4.79 Å². The Bertz CT molecular complexity index is 511. The van der Waals surface area contributed by atoms with Gasteiger partial charge in [-0.3, -0.25) is 4.90 Å². The molecule has 6 nitrogen and oxygen atoms in total. The monoisotopic (exact) mass is 307 g/mol. The van der Waals surface area contributed by atoms with E-state index in [0.717, 1.165) is 18.4 Å². The zero-order chi connectivity index (χ0) is 16.4. The number of aromatic nitrogens is 2. The lowest BCUT2D eigenvalue weighted by atomic mass is 10.1. The topological polar surface area (TPSA) is 64.5 Å². The van der Waals surface area contributed by atoms with Gasteiger partial charge in [0.2, 0.25) is 0 Å². The summed E-state index contributed by atoms with van der Waals surface area (Å²) in [4.78, 5) is 22.2. The van der Waals surface area contributed by atoms with Crippen LogP contribution in [0.15, 0.2) is 18.7 Å². The Labute approximate surface area is 131 Å². The summed E-state index contributed by atoms with van der Waals surface area (Å²) >= 11 is 0. The molecule has 1 amide bonds. The highest BCUT2D eigenvalue weighted by Gasteiger charge is 2.45. The molecule has 6 heteroatoms. The van der Waals surface area contributed by atoms with Gasteiger partial charge in [0.1, 0.15) is 17.7 Å². The van der Waals surface area contributed by atoms with E-state index in [0.29, 0.717) is 6.61 Å². The summed E-state index contributed by atoms with van der Waals surface area (Å²) in [6.07, 6.45) is 6.36. The molecule has 0 spiro atoms. The van der Waals surface area contributed by atoms with Crippen LogP contribution in [-0.4, -0.2) is 44.9 Å². The zero-order valence-electron chi connectivity index (χ0n) is 14.0. The van der Waals surface area contributed by atoms with Crippen LogP contribution in [0.4, 0.5) is 4.79 Å². The van der Waals surface area contributed by atoms with Gasteiger partial charge in [0.05, 0.1) is 12.6 Å². The largest absolute Gasteiger partial charge is 0.444 e. The molecule has 0 unspecified atom stereocenters. The van der Waals surface area contributed by atoms with E-state index < -0.39 is 11.3 Å². The highest BCUT2D eigenvalue weighted by atomic mass is 16.6. The molecule has 2 heterocycles. The summed E-state index contributed by atoms with van der Waals surface area (Å²) in [7, 11) is 0. The molecule has 0 saturated carbocycles. The number of nitrogens with zero attached hydrogens (tertiary/aromatic N) is 3. The Morgan fingerprint density at radius 2 is 2.05 bits per heavy atom. The molecule has 1 aromatic heterocycles. The van der Waals surface area contributed by atoms with Crippen molar-refractivity contribution in [1.82, 2.24) is 14.9 Å². The van der Waals surface area contributed by atoms with Crippen molar-refractivity contribution in [2.24, 2.45) is 0 Å². The van der Waals surface area contributed by atoms with Crippen molar-refractivity contribution in [2.45, 2.75) is 64.8 Å². The lowest BCUT2D eigenvalue weighted by Crippen LogP contribution is -2.49. The summed E-state index contributed by atoms with van der Waals surface area (Å²) in [5.41, 5.74) is -0.121. The number of aryl methyl sites for hydroxylation is 1. The van der Waals surface area contributed by atoms with E-state index in [1.807, 2.05) is 34.6 Å². The predicted octanol–water partition coefficient (Wildman–Crippen LogP) is 2.78. The van der Waals surface area contributed by atoms with Crippen LogP contribution < -0.4 is 0 Å². The van der Waals surface area contributed by atoms with Gasteiger partial charge in [0.25, 0.3) is 0 Å². The first kappa shape index (κ1) is 16.7. The van der Waals surface area contributed by atoms with Crippen LogP contribution in [0.5, 0.6) is 0 Å². The van der Waals surface area contributed by atoms with Gasteiger partial charge in [0.15, 0.2) is 0 Å². The van der Waals surface area contributed by atoms with Crippen molar-refractivity contribution >= 4 is 6.09 Å². The molecule has 1 aliphatic rings. The Balaban J connectivity index is 2.04. The third kappa shape index (κ3) is 4.16. The lowest BCUT2D eigenvalue weighted by Gasteiger charge is -2.35. The normalized spacial score (nSPS) is 21.0. The Morgan fingerprint density at radius 3 is 2.64 bits per heavy atom. The third-order valence-electron chi connectivity index (χ3n) is 3.54. The summed E-state index contributed by atoms with van der Waals surface area (Å²) in [5.74, 6) is 0. The molecule has 22 heavy (non-hydrogen) atoms. The maximum atomic E-state index is 12.5. The van der Waals surface area contributed by atoms with Crippen LogP contribution in [0.3, 0.4) is 0 Å². The van der Waals surface area contributed by atoms with Crippen LogP contribution in [-0.2, 0) is 15.9 Å². The van der Waals surface area contributed by atoms with Gasteiger partial charge in [0, 0.05) is 12.4 Å². The number of hydrogen-bond donors (Lipinski definition) is 0. The molecule has 1 aliphatic heterocycles. The highest BCUT2D eigenvalue weighted by Crippen LogP contribution is 2.31. The predicted molar refractivity (Wildman–Crippen MR) is 82.2 cm³/mol. The number of rotatable bonds is 3. The van der Waals surface area contributed by atoms with Gasteiger partial charge in [-0.25, -0.2) is 14.8 Å². The van der Waals surface area contributed by atoms with Crippen molar-refractivity contribution in [3.8, 4) is 0 Å². The fourth-order valence-electron chi connectivity index (χ4n) is 2.57. The van der Waals surface area contributed by atoms with Gasteiger partial charge in [-0.2, -0.15) is 0 Å². The second-order valence-electron chi connectivity index (χ2n) is 7.05. The summed E-state index contributed by atoms with van der Waals surface area (Å²) in [6.45, 7) is 9.90. The average molecular weight is 307 g/mol. The molecular weight excluding hydrogens is 282 g/mol. The molecule has 2 rings (SSSR count). The molecule has 0 bridgehead atoms. The second kappa shape index (κ2) is 6.20. The SMILES string of the molecule is CC(C)(C)OC(=O)N1[C@@H](CCc2cncnc2)COC1(C)C. The standard InChI is InChI=1S/C16H25N3O3/c1-15(2,3)22-14(20)19-13(10-21-16(19,4)5)7-6-12-8-17-11-18-9-12/h8-9,11,13H,6-7,10H2,1-5H3/t13-/m0/s1. The van der Waals surface area contributed by atoms with Crippen molar-refractivity contribution in [3.05, 3.63) is 24.3 Å². The zero-order valence-corrected chi connectivity index (χ0v) is 14.0. The Hall–Kier alpha value is -1.69. The first-order valence-corrected chi connectivity index (χ1v) is 7.59. The van der Waals surface area contributed by atoms with E-state index >= 15 is 0 Å². The summed E-state index contributed by atoms with van der Waals surface area (Å²) < 4.78 is 11.3. The van der Waals surface area contributed by atoms with Gasteiger partial charge in [-0.15, -0.1) is 0 Å². The number of amides is 1. The number of ether oxygens (including phenoxy) is 2. The number of hydrogen-bond acceptors (Lipinski definition) is 5. The third-order valence-corrected chi connectivity index (χ3v) is 3.54. The minimum Gasteiger partial charge on any atom is -0.444 e. The maximum absolute atomic E-state index is 12.5. The fraction of sp³-hybridized carbons (Fsp3) is 0.688. The van der Waals surface area contributed by atoms with Gasteiger partial charge < -0.3 is 9.47 Å². The van der Waals surface area contributed by atoms with Gasteiger partial charge in [-0.05, 0) is 53.0 Å². The number of carbonyl (C=O) groups is 1. The average Bonchev–Trinajstić information content (AvgIpc) is 2.71. The van der Waals surface area contributed by atoms with Crippen molar-refractivity contribution in [1.29, 1.82) is 0 Å². The minimum absolute atomic E-state index is 0.00921. The molecular formula is C16H25N3O3. The summed E-state index contributed by atoms with van der Waals surface area (Å²) in [5, 5.41) is 0. The molecule has 1 fully saturated rings. The number of carbonyl (C=O) groups excluding carboxylic acids is 1. The highest BCUT2D eigenvalue weighted by molar-refractivity contribution is 5.69. The van der Waals surface area contributed by atoms with Crippen LogP contribution in [0.1, 0.15) is 46.6 Å². The van der Waals surface area contributed by atoms with Gasteiger partial charge in [-0.1, -0.05) is 0 Å². The van der Waals surface area contributed by atoms with E-state index in [4.69, 9.17) is 9.47 Å². The molecule has 122 valence electrons. The molecule has 0 aliphatic carbocycles.